The molecule has 0 unspecified atom stereocenters. The van der Waals surface area contributed by atoms with E-state index in [2.05, 4.69) is 10.2 Å². The molecule has 1 aromatic heterocycles. The molecule has 19 heavy (non-hydrogen) atoms. The number of nitrogens with one attached hydrogen (secondary N) is 1. The highest BCUT2D eigenvalue weighted by atomic mass is 35.5. The molecule has 1 heterocycles. The number of halogens is 1. The van der Waals surface area contributed by atoms with Gasteiger partial charge in [-0.2, -0.15) is 5.10 Å². The first kappa shape index (κ1) is 11.7. The van der Waals surface area contributed by atoms with E-state index in [4.69, 9.17) is 16.7 Å². The fourth-order valence-electron chi connectivity index (χ4n) is 2.05. The third-order valence-electron chi connectivity index (χ3n) is 2.97. The van der Waals surface area contributed by atoms with Gasteiger partial charge in [0, 0.05) is 10.4 Å². The lowest BCUT2D eigenvalue weighted by molar-refractivity contribution is 0.0697. The number of carbonyl (C=O) groups is 1. The Balaban J connectivity index is 2.18. The maximum absolute atomic E-state index is 10.8. The Morgan fingerprint density at radius 1 is 1.21 bits per heavy atom. The van der Waals surface area contributed by atoms with Crippen LogP contribution in [0.15, 0.2) is 42.6 Å². The number of hydrogen-bond donors (Lipinski definition) is 2. The van der Waals surface area contributed by atoms with Crippen LogP contribution in [0, 0.1) is 0 Å². The Morgan fingerprint density at radius 2 is 1.95 bits per heavy atom. The molecular weight excluding hydrogens is 264 g/mol. The van der Waals surface area contributed by atoms with E-state index in [1.165, 1.54) is 0 Å². The number of aromatic carboxylic acids is 1. The van der Waals surface area contributed by atoms with Crippen molar-refractivity contribution in [3.8, 4) is 11.1 Å². The lowest BCUT2D eigenvalue weighted by atomic mass is 10.0. The molecule has 3 aromatic rings. The summed E-state index contributed by atoms with van der Waals surface area (Å²) in [6.45, 7) is 0. The topological polar surface area (TPSA) is 66.0 Å². The summed E-state index contributed by atoms with van der Waals surface area (Å²) in [5.74, 6) is -0.939. The number of nitrogens with zero attached hydrogens (tertiary/aromatic N) is 1. The highest BCUT2D eigenvalue weighted by Gasteiger charge is 2.08. The van der Waals surface area contributed by atoms with Gasteiger partial charge in [0.1, 0.15) is 0 Å². The Bertz CT molecular complexity index is 763. The Hall–Kier alpha value is -2.33. The number of aromatic nitrogens is 2. The van der Waals surface area contributed by atoms with Crippen molar-refractivity contribution in [3.05, 3.63) is 53.2 Å². The van der Waals surface area contributed by atoms with Crippen LogP contribution in [0.4, 0.5) is 0 Å². The maximum atomic E-state index is 10.8. The first-order valence-electron chi connectivity index (χ1n) is 5.61. The van der Waals surface area contributed by atoms with Gasteiger partial charge in [0.25, 0.3) is 0 Å². The molecule has 0 atom stereocenters. The predicted octanol–water partition coefficient (Wildman–Crippen LogP) is 3.58. The van der Waals surface area contributed by atoms with E-state index in [1.54, 1.807) is 36.5 Å². The second-order valence-corrected chi connectivity index (χ2v) is 4.60. The van der Waals surface area contributed by atoms with Gasteiger partial charge < -0.3 is 5.11 Å². The number of rotatable bonds is 2. The van der Waals surface area contributed by atoms with Gasteiger partial charge in [-0.1, -0.05) is 23.7 Å². The molecule has 4 nitrogen and oxygen atoms in total. The molecule has 0 amide bonds. The van der Waals surface area contributed by atoms with Gasteiger partial charge in [-0.05, 0) is 35.4 Å². The van der Waals surface area contributed by atoms with Crippen molar-refractivity contribution in [2.24, 2.45) is 0 Å². The molecule has 0 aliphatic heterocycles. The molecule has 0 aliphatic carbocycles. The number of carboxylic acids is 1. The predicted molar refractivity (Wildman–Crippen MR) is 73.5 cm³/mol. The van der Waals surface area contributed by atoms with Gasteiger partial charge >= 0.3 is 5.97 Å². The lowest BCUT2D eigenvalue weighted by Gasteiger charge is -2.05. The Morgan fingerprint density at radius 3 is 2.63 bits per heavy atom. The molecule has 94 valence electrons. The molecule has 0 bridgehead atoms. The average Bonchev–Trinajstić information content (AvgIpc) is 2.85. The lowest BCUT2D eigenvalue weighted by Crippen LogP contribution is -1.95. The third kappa shape index (κ3) is 2.06. The van der Waals surface area contributed by atoms with E-state index in [9.17, 15) is 4.79 Å². The van der Waals surface area contributed by atoms with Gasteiger partial charge in [-0.25, -0.2) is 4.79 Å². The minimum Gasteiger partial charge on any atom is -0.478 e. The average molecular weight is 273 g/mol. The Kier molecular flexibility index (Phi) is 2.72. The highest BCUT2D eigenvalue weighted by molar-refractivity contribution is 6.31. The number of aromatic amines is 1. The van der Waals surface area contributed by atoms with Crippen molar-refractivity contribution in [3.63, 3.8) is 0 Å². The smallest absolute Gasteiger partial charge is 0.335 e. The van der Waals surface area contributed by atoms with Crippen molar-refractivity contribution >= 4 is 28.5 Å². The number of fused-ring (bicyclic) bond motifs is 1. The van der Waals surface area contributed by atoms with Crippen LogP contribution in [0.5, 0.6) is 0 Å². The number of benzene rings is 2. The van der Waals surface area contributed by atoms with E-state index in [0.717, 1.165) is 22.0 Å². The normalized spacial score (nSPS) is 10.8. The summed E-state index contributed by atoms with van der Waals surface area (Å²) >= 11 is 6.07. The second-order valence-electron chi connectivity index (χ2n) is 4.17. The largest absolute Gasteiger partial charge is 0.478 e. The summed E-state index contributed by atoms with van der Waals surface area (Å²) in [5.41, 5.74) is 2.94. The minimum atomic E-state index is -0.939. The molecule has 2 N–H and O–H groups in total. The van der Waals surface area contributed by atoms with Gasteiger partial charge in [0.05, 0.1) is 17.3 Å². The van der Waals surface area contributed by atoms with Crippen molar-refractivity contribution < 1.29 is 9.90 Å². The number of hydrogen-bond acceptors (Lipinski definition) is 2. The SMILES string of the molecule is O=C(O)c1ccc(-c2cc(Cl)cc3[nH]ncc23)cc1. The monoisotopic (exact) mass is 272 g/mol. The third-order valence-corrected chi connectivity index (χ3v) is 3.18. The molecule has 3 rings (SSSR count). The molecule has 2 aromatic carbocycles. The molecule has 0 aliphatic rings. The number of H-pyrrole nitrogens is 1. The highest BCUT2D eigenvalue weighted by Crippen LogP contribution is 2.31. The van der Waals surface area contributed by atoms with E-state index < -0.39 is 5.97 Å². The van der Waals surface area contributed by atoms with Crippen molar-refractivity contribution in [2.75, 3.05) is 0 Å². The van der Waals surface area contributed by atoms with Gasteiger partial charge in [-0.15, -0.1) is 0 Å². The quantitative estimate of drug-likeness (QED) is 0.749. The van der Waals surface area contributed by atoms with E-state index in [-0.39, 0.29) is 5.56 Å². The first-order valence-corrected chi connectivity index (χ1v) is 5.99. The van der Waals surface area contributed by atoms with Crippen LogP contribution in [0.2, 0.25) is 5.02 Å². The summed E-state index contributed by atoms with van der Waals surface area (Å²) in [5, 5.41) is 17.3. The van der Waals surface area contributed by atoms with E-state index in [1.807, 2.05) is 6.07 Å². The summed E-state index contributed by atoms with van der Waals surface area (Å²) < 4.78 is 0. The fraction of sp³-hybridized carbons (Fsp3) is 0. The fourth-order valence-corrected chi connectivity index (χ4v) is 2.27. The molecule has 0 radical (unpaired) electrons. The summed E-state index contributed by atoms with van der Waals surface area (Å²) in [4.78, 5) is 10.8. The van der Waals surface area contributed by atoms with Gasteiger partial charge in [-0.3, -0.25) is 5.10 Å². The standard InChI is InChI=1S/C14H9ClN2O2/c15-10-5-11(12-7-16-17-13(12)6-10)8-1-3-9(4-2-8)14(18)19/h1-7H,(H,16,17)(H,18,19). The van der Waals surface area contributed by atoms with Crippen LogP contribution in [0.3, 0.4) is 0 Å². The summed E-state index contributed by atoms with van der Waals surface area (Å²) in [6.07, 6.45) is 1.73. The number of carboxylic acid groups (broad SMARTS) is 1. The second kappa shape index (κ2) is 4.40. The van der Waals surface area contributed by atoms with Crippen molar-refractivity contribution in [1.82, 2.24) is 10.2 Å². The van der Waals surface area contributed by atoms with Crippen LogP contribution in [-0.2, 0) is 0 Å². The molecule has 0 saturated heterocycles. The van der Waals surface area contributed by atoms with Crippen LogP contribution in [-0.4, -0.2) is 21.3 Å². The first-order chi connectivity index (χ1) is 9.15. The van der Waals surface area contributed by atoms with E-state index in [0.29, 0.717) is 5.02 Å². The van der Waals surface area contributed by atoms with Gasteiger partial charge in [0.2, 0.25) is 0 Å². The van der Waals surface area contributed by atoms with Gasteiger partial charge in [0.15, 0.2) is 0 Å². The molecule has 0 saturated carbocycles. The Labute approximate surface area is 113 Å². The summed E-state index contributed by atoms with van der Waals surface area (Å²) in [7, 11) is 0. The molecule has 0 spiro atoms. The van der Waals surface area contributed by atoms with Crippen LogP contribution in [0.1, 0.15) is 10.4 Å². The van der Waals surface area contributed by atoms with E-state index >= 15 is 0 Å². The van der Waals surface area contributed by atoms with Crippen LogP contribution in [0.25, 0.3) is 22.0 Å². The molecular formula is C14H9ClN2O2. The maximum Gasteiger partial charge on any atom is 0.335 e. The molecule has 5 heteroatoms. The minimum absolute atomic E-state index is 0.259. The molecule has 0 fully saturated rings. The van der Waals surface area contributed by atoms with Crippen molar-refractivity contribution in [1.29, 1.82) is 0 Å². The zero-order chi connectivity index (χ0) is 13.4. The zero-order valence-electron chi connectivity index (χ0n) is 9.72. The van der Waals surface area contributed by atoms with Crippen LogP contribution < -0.4 is 0 Å². The zero-order valence-corrected chi connectivity index (χ0v) is 10.5. The van der Waals surface area contributed by atoms with Crippen molar-refractivity contribution in [2.45, 2.75) is 0 Å². The van der Waals surface area contributed by atoms with Crippen LogP contribution >= 0.6 is 11.6 Å². The summed E-state index contributed by atoms with van der Waals surface area (Å²) in [6, 6.07) is 10.3.